The molecule has 1 aliphatic carbocycles. The number of carbonyl (C=O) groups excluding carboxylic acids is 2. The number of ether oxygens (including phenoxy) is 3. The van der Waals surface area contributed by atoms with Gasteiger partial charge in [0.05, 0.1) is 62.0 Å². The van der Waals surface area contributed by atoms with Crippen molar-refractivity contribution in [3.8, 4) is 17.3 Å². The van der Waals surface area contributed by atoms with Crippen molar-refractivity contribution in [3.05, 3.63) is 41.6 Å². The van der Waals surface area contributed by atoms with Gasteiger partial charge >= 0.3 is 0 Å². The summed E-state index contributed by atoms with van der Waals surface area (Å²) in [6.07, 6.45) is 1.31. The van der Waals surface area contributed by atoms with E-state index in [2.05, 4.69) is 38.8 Å². The maximum absolute atomic E-state index is 13.8. The van der Waals surface area contributed by atoms with E-state index < -0.39 is 0 Å². The Labute approximate surface area is 273 Å². The Hall–Kier alpha value is -4.00. The molecule has 3 aromatic heterocycles. The van der Waals surface area contributed by atoms with Gasteiger partial charge in [0, 0.05) is 50.6 Å². The summed E-state index contributed by atoms with van der Waals surface area (Å²) in [6, 6.07) is 9.85. The highest BCUT2D eigenvalue weighted by Gasteiger charge is 2.47. The number of fused-ring (bicyclic) bond motifs is 4. The minimum absolute atomic E-state index is 0.0283. The molecule has 8 rings (SSSR count). The number of likely N-dealkylation sites (tertiary alicyclic amines) is 1. The number of benzene rings is 1. The molecule has 2 amide bonds. The van der Waals surface area contributed by atoms with Crippen LogP contribution >= 0.6 is 0 Å². The predicted octanol–water partition coefficient (Wildman–Crippen LogP) is 3.28. The fraction of sp³-hybridized carbons (Fsp3) is 0.543. The van der Waals surface area contributed by atoms with Crippen molar-refractivity contribution in [1.82, 2.24) is 34.6 Å². The summed E-state index contributed by atoms with van der Waals surface area (Å²) < 4.78 is 22.1. The van der Waals surface area contributed by atoms with Crippen LogP contribution in [0.15, 0.2) is 30.3 Å². The highest BCUT2D eigenvalue weighted by Crippen LogP contribution is 2.48. The average molecular weight is 642 g/mol. The molecule has 2 saturated heterocycles. The summed E-state index contributed by atoms with van der Waals surface area (Å²) in [5.41, 5.74) is 4.72. The first-order chi connectivity index (χ1) is 22.8. The molecule has 4 aliphatic rings. The second kappa shape index (κ2) is 11.9. The zero-order valence-electron chi connectivity index (χ0n) is 27.5. The van der Waals surface area contributed by atoms with E-state index in [1.165, 1.54) is 0 Å². The third-order valence-electron chi connectivity index (χ3n) is 10.8. The molecule has 6 atom stereocenters. The highest BCUT2D eigenvalue weighted by molar-refractivity contribution is 6.00. The first-order valence-electron chi connectivity index (χ1n) is 16.9. The Balaban J connectivity index is 1.19. The maximum Gasteiger partial charge on any atom is 0.254 e. The molecule has 248 valence electrons. The number of imidazole rings is 1. The van der Waals surface area contributed by atoms with E-state index >= 15 is 0 Å². The lowest BCUT2D eigenvalue weighted by atomic mass is 9.99. The van der Waals surface area contributed by atoms with Gasteiger partial charge in [-0.05, 0) is 61.4 Å². The van der Waals surface area contributed by atoms with Crippen molar-refractivity contribution in [1.29, 1.82) is 0 Å². The second-order valence-electron chi connectivity index (χ2n) is 13.6. The summed E-state index contributed by atoms with van der Waals surface area (Å²) in [4.78, 5) is 38.6. The van der Waals surface area contributed by atoms with Crippen molar-refractivity contribution in [3.63, 3.8) is 0 Å². The van der Waals surface area contributed by atoms with Crippen molar-refractivity contribution in [2.45, 2.75) is 51.4 Å². The summed E-state index contributed by atoms with van der Waals surface area (Å²) in [5.74, 6) is 2.65. The van der Waals surface area contributed by atoms with Crippen molar-refractivity contribution < 1.29 is 23.8 Å². The molecule has 3 fully saturated rings. The van der Waals surface area contributed by atoms with Gasteiger partial charge in [0.15, 0.2) is 5.82 Å². The van der Waals surface area contributed by atoms with Gasteiger partial charge in [0.2, 0.25) is 5.91 Å². The smallest absolute Gasteiger partial charge is 0.254 e. The number of nitrogens with zero attached hydrogens (tertiary/aromatic N) is 5. The zero-order valence-corrected chi connectivity index (χ0v) is 27.5. The van der Waals surface area contributed by atoms with Crippen LogP contribution in [-0.4, -0.2) is 94.5 Å². The SMILES string of the molecule is COc1cc(C(=O)N2CC[C@@H]3OCCN[C@@H]3C2)cc2nc(-c3cc4ccc5nc4n3C[C@H]3[C@@H](C)[C@H]3COCCC(=O)N[C@@H]5C)n(C)c12. The van der Waals surface area contributed by atoms with Gasteiger partial charge in [-0.2, -0.15) is 0 Å². The first kappa shape index (κ1) is 30.3. The minimum atomic E-state index is -0.239. The van der Waals surface area contributed by atoms with Crippen molar-refractivity contribution in [2.75, 3.05) is 46.6 Å². The fourth-order valence-electron chi connectivity index (χ4n) is 7.92. The zero-order chi connectivity index (χ0) is 32.4. The average Bonchev–Trinajstić information content (AvgIpc) is 3.36. The predicted molar refractivity (Wildman–Crippen MR) is 176 cm³/mol. The third-order valence-corrected chi connectivity index (χ3v) is 10.8. The standard InChI is InChI=1S/C35H43N7O5/c1-19-23-16-42-28(14-21-5-6-25(38-33(21)42)20(2)37-31(43)8-11-46-18-24(19)23)34-39-26-13-22(15-30(45-4)32(26)40(34)3)35(44)41-10-7-29-27(17-41)36-9-12-47-29/h5-6,13-15,19-20,23-24,27,29,36H,7-12,16-18H2,1-4H3,(H,37,43)/t19-,20-,23+,24-,27-,29+/m1/s1. The van der Waals surface area contributed by atoms with Crippen molar-refractivity contribution >= 4 is 33.9 Å². The number of pyridine rings is 1. The summed E-state index contributed by atoms with van der Waals surface area (Å²) in [6.45, 7) is 8.85. The molecule has 47 heavy (non-hydrogen) atoms. The van der Waals surface area contributed by atoms with Gasteiger partial charge in [-0.3, -0.25) is 9.59 Å². The van der Waals surface area contributed by atoms with E-state index in [1.807, 2.05) is 37.1 Å². The summed E-state index contributed by atoms with van der Waals surface area (Å²) >= 11 is 0. The molecule has 1 saturated carbocycles. The lowest BCUT2D eigenvalue weighted by Gasteiger charge is -2.41. The van der Waals surface area contributed by atoms with E-state index in [1.54, 1.807) is 7.11 Å². The molecule has 3 aliphatic heterocycles. The lowest BCUT2D eigenvalue weighted by molar-refractivity contribution is -0.122. The van der Waals surface area contributed by atoms with Gasteiger partial charge in [0.1, 0.15) is 16.9 Å². The van der Waals surface area contributed by atoms with Gasteiger partial charge in [-0.1, -0.05) is 6.92 Å². The van der Waals surface area contributed by atoms with Crippen molar-refractivity contribution in [2.24, 2.45) is 24.8 Å². The Morgan fingerprint density at radius 2 is 1.96 bits per heavy atom. The monoisotopic (exact) mass is 641 g/mol. The number of rotatable bonds is 3. The molecule has 4 aromatic rings. The van der Waals surface area contributed by atoms with Crippen LogP contribution in [0.4, 0.5) is 0 Å². The molecule has 1 aromatic carbocycles. The topological polar surface area (TPSA) is 125 Å². The van der Waals surface area contributed by atoms with E-state index in [0.29, 0.717) is 73.9 Å². The molecule has 2 N–H and O–H groups in total. The Bertz CT molecular complexity index is 1870. The van der Waals surface area contributed by atoms with Crippen LogP contribution in [0.5, 0.6) is 5.75 Å². The Morgan fingerprint density at radius 3 is 2.81 bits per heavy atom. The molecule has 12 nitrogen and oxygen atoms in total. The minimum Gasteiger partial charge on any atom is -0.494 e. The molecule has 6 heterocycles. The molecule has 0 spiro atoms. The highest BCUT2D eigenvalue weighted by atomic mass is 16.5. The van der Waals surface area contributed by atoms with Crippen LogP contribution in [-0.2, 0) is 27.9 Å². The van der Waals surface area contributed by atoms with Crippen LogP contribution in [0.3, 0.4) is 0 Å². The second-order valence-corrected chi connectivity index (χ2v) is 13.6. The Kier molecular flexibility index (Phi) is 7.69. The van der Waals surface area contributed by atoms with Crippen LogP contribution < -0.4 is 15.4 Å². The quantitative estimate of drug-likeness (QED) is 0.350. The van der Waals surface area contributed by atoms with Crippen LogP contribution in [0.25, 0.3) is 33.6 Å². The van der Waals surface area contributed by atoms with Gasteiger partial charge in [0.25, 0.3) is 5.91 Å². The summed E-state index contributed by atoms with van der Waals surface area (Å²) in [5, 5.41) is 7.60. The van der Waals surface area contributed by atoms with Gasteiger partial charge < -0.3 is 38.9 Å². The molecule has 12 heteroatoms. The maximum atomic E-state index is 13.8. The number of hydrogen-bond donors (Lipinski definition) is 2. The van der Waals surface area contributed by atoms with Crippen LogP contribution in [0.1, 0.15) is 48.8 Å². The van der Waals surface area contributed by atoms with Crippen LogP contribution in [0, 0.1) is 17.8 Å². The normalized spacial score (nSPS) is 28.1. The van der Waals surface area contributed by atoms with E-state index in [4.69, 9.17) is 24.2 Å². The number of aryl methyl sites for hydroxylation is 1. The number of morpholine rings is 1. The van der Waals surface area contributed by atoms with Crippen LogP contribution in [0.2, 0.25) is 0 Å². The van der Waals surface area contributed by atoms with E-state index in [9.17, 15) is 9.59 Å². The Morgan fingerprint density at radius 1 is 1.09 bits per heavy atom. The molecule has 2 bridgehead atoms. The third kappa shape index (κ3) is 5.36. The van der Waals surface area contributed by atoms with Gasteiger partial charge in [-0.25, -0.2) is 9.97 Å². The fourth-order valence-corrected chi connectivity index (χ4v) is 7.92. The van der Waals surface area contributed by atoms with E-state index in [0.717, 1.165) is 53.3 Å². The number of carbonyl (C=O) groups is 2. The number of hydrogen-bond acceptors (Lipinski definition) is 8. The number of amides is 2. The number of methoxy groups -OCH3 is 1. The number of aromatic nitrogens is 4. The molecular formula is C35H43N7O5. The molecule has 0 unspecified atom stereocenters. The number of piperidine rings is 1. The number of nitrogens with one attached hydrogen (secondary N) is 2. The molecular weight excluding hydrogens is 598 g/mol. The van der Waals surface area contributed by atoms with E-state index in [-0.39, 0.29) is 30.0 Å². The largest absolute Gasteiger partial charge is 0.494 e. The van der Waals surface area contributed by atoms with Gasteiger partial charge in [-0.15, -0.1) is 0 Å². The first-order valence-corrected chi connectivity index (χ1v) is 16.9. The summed E-state index contributed by atoms with van der Waals surface area (Å²) in [7, 11) is 3.63. The molecule has 0 radical (unpaired) electrons. The lowest BCUT2D eigenvalue weighted by Crippen LogP contribution is -2.59.